The first-order valence-corrected chi connectivity index (χ1v) is 14.8. The summed E-state index contributed by atoms with van der Waals surface area (Å²) in [7, 11) is 3.06. The highest BCUT2D eigenvalue weighted by atomic mass is 19.1. The van der Waals surface area contributed by atoms with E-state index in [4.69, 9.17) is 14.5 Å². The molecule has 2 heterocycles. The number of ether oxygens (including phenoxy) is 2. The lowest BCUT2D eigenvalue weighted by Gasteiger charge is -2.34. The maximum atomic E-state index is 14.4. The highest BCUT2D eigenvalue weighted by Crippen LogP contribution is 2.40. The lowest BCUT2D eigenvalue weighted by Crippen LogP contribution is -2.45. The number of hydrogen-bond donors (Lipinski definition) is 2. The van der Waals surface area contributed by atoms with E-state index >= 15 is 0 Å². The molecule has 0 radical (unpaired) electrons. The minimum absolute atomic E-state index is 0.00728. The van der Waals surface area contributed by atoms with E-state index in [1.165, 1.54) is 26.4 Å². The van der Waals surface area contributed by atoms with Gasteiger partial charge in [0.15, 0.2) is 0 Å². The van der Waals surface area contributed by atoms with E-state index in [1.807, 2.05) is 17.6 Å². The normalized spacial score (nSPS) is 20.4. The van der Waals surface area contributed by atoms with Crippen LogP contribution in [0.5, 0.6) is 11.8 Å². The number of rotatable bonds is 9. The lowest BCUT2D eigenvalue weighted by atomic mass is 9.82. The fourth-order valence-corrected chi connectivity index (χ4v) is 6.50. The van der Waals surface area contributed by atoms with E-state index in [0.717, 1.165) is 57.8 Å². The predicted molar refractivity (Wildman–Crippen MR) is 154 cm³/mol. The van der Waals surface area contributed by atoms with Crippen molar-refractivity contribution in [3.63, 3.8) is 0 Å². The van der Waals surface area contributed by atoms with Crippen LogP contribution in [0.4, 0.5) is 4.39 Å². The number of amides is 2. The number of fused-ring (bicyclic) bond motifs is 1. The molecule has 2 aliphatic rings. The Morgan fingerprint density at radius 1 is 1.00 bits per heavy atom. The number of imidazole rings is 1. The molecule has 10 heteroatoms. The van der Waals surface area contributed by atoms with Gasteiger partial charge in [0, 0.05) is 30.6 Å². The van der Waals surface area contributed by atoms with E-state index in [2.05, 4.69) is 15.6 Å². The van der Waals surface area contributed by atoms with Gasteiger partial charge in [0.1, 0.15) is 17.7 Å². The first-order chi connectivity index (χ1) is 19.9. The first-order valence-electron chi connectivity index (χ1n) is 14.8. The molecule has 2 N–H and O–H groups in total. The van der Waals surface area contributed by atoms with Gasteiger partial charge in [-0.2, -0.15) is 4.98 Å². The van der Waals surface area contributed by atoms with Gasteiger partial charge in [-0.05, 0) is 69.6 Å². The van der Waals surface area contributed by atoms with Crippen molar-refractivity contribution >= 4 is 22.8 Å². The Balaban J connectivity index is 1.54. The van der Waals surface area contributed by atoms with Crippen molar-refractivity contribution in [2.24, 2.45) is 11.8 Å². The van der Waals surface area contributed by atoms with Crippen LogP contribution in [0.15, 0.2) is 30.3 Å². The van der Waals surface area contributed by atoms with E-state index in [-0.39, 0.29) is 29.7 Å². The average Bonchev–Trinajstić information content (AvgIpc) is 3.35. The van der Waals surface area contributed by atoms with Crippen LogP contribution in [0.2, 0.25) is 0 Å². The van der Waals surface area contributed by atoms with Crippen LogP contribution in [-0.4, -0.2) is 53.2 Å². The zero-order valence-corrected chi connectivity index (χ0v) is 24.1. The van der Waals surface area contributed by atoms with E-state index < -0.39 is 11.9 Å². The molecule has 0 spiro atoms. The van der Waals surface area contributed by atoms with Gasteiger partial charge in [0.25, 0.3) is 0 Å². The van der Waals surface area contributed by atoms with Crippen LogP contribution in [0.1, 0.15) is 70.8 Å². The van der Waals surface area contributed by atoms with Crippen molar-refractivity contribution in [2.75, 3.05) is 20.8 Å². The molecule has 2 amide bonds. The maximum Gasteiger partial charge on any atom is 0.243 e. The number of methoxy groups -OCH3 is 2. The molecular formula is C31H40FN5O4. The SMILES string of the molecule is CCNC(=O)C1CCC(NC(=O)C(C2CCCCC2)n2c(-c3ccc(OC)nc3OC)nc3cc(F)ccc32)CC1. The number of aromatic nitrogens is 3. The number of carbonyl (C=O) groups is 2. The van der Waals surface area contributed by atoms with Crippen LogP contribution in [0, 0.1) is 17.7 Å². The van der Waals surface area contributed by atoms with Crippen molar-refractivity contribution < 1.29 is 23.5 Å². The summed E-state index contributed by atoms with van der Waals surface area (Å²) in [5, 5.41) is 6.26. The quantitative estimate of drug-likeness (QED) is 0.370. The molecule has 2 aliphatic carbocycles. The molecule has 5 rings (SSSR count). The summed E-state index contributed by atoms with van der Waals surface area (Å²) in [6, 6.07) is 7.50. The van der Waals surface area contributed by atoms with Crippen molar-refractivity contribution in [3.8, 4) is 23.1 Å². The lowest BCUT2D eigenvalue weighted by molar-refractivity contribution is -0.127. The average molecular weight is 566 g/mol. The third kappa shape index (κ3) is 6.16. The number of halogens is 1. The molecule has 2 aromatic heterocycles. The zero-order chi connectivity index (χ0) is 28.9. The number of carbonyl (C=O) groups excluding carboxylic acids is 2. The standard InChI is InChI=1S/C31H40FN5O4/c1-4-33-29(38)20-10-13-22(14-11-20)34-30(39)27(19-8-6-5-7-9-19)37-25-16-12-21(32)18-24(25)35-28(37)23-15-17-26(40-2)36-31(23)41-3/h12,15-20,22,27H,4-11,13-14H2,1-3H3,(H,33,38)(H,34,39). The maximum absolute atomic E-state index is 14.4. The Morgan fingerprint density at radius 2 is 1.76 bits per heavy atom. The Bertz CT molecular complexity index is 1380. The van der Waals surface area contributed by atoms with Gasteiger partial charge in [0.2, 0.25) is 23.6 Å². The van der Waals surface area contributed by atoms with Crippen molar-refractivity contribution in [1.82, 2.24) is 25.2 Å². The summed E-state index contributed by atoms with van der Waals surface area (Å²) in [4.78, 5) is 35.9. The zero-order valence-electron chi connectivity index (χ0n) is 24.1. The minimum Gasteiger partial charge on any atom is -0.481 e. The molecule has 0 saturated heterocycles. The fraction of sp³-hybridized carbons (Fsp3) is 0.548. The molecule has 0 aliphatic heterocycles. The van der Waals surface area contributed by atoms with Crippen LogP contribution >= 0.6 is 0 Å². The van der Waals surface area contributed by atoms with Crippen LogP contribution in [0.3, 0.4) is 0 Å². The van der Waals surface area contributed by atoms with Gasteiger partial charge in [-0.3, -0.25) is 9.59 Å². The molecule has 41 heavy (non-hydrogen) atoms. The minimum atomic E-state index is -0.548. The van der Waals surface area contributed by atoms with Crippen molar-refractivity contribution in [1.29, 1.82) is 0 Å². The second-order valence-corrected chi connectivity index (χ2v) is 11.1. The van der Waals surface area contributed by atoms with Gasteiger partial charge < -0.3 is 24.7 Å². The molecule has 2 saturated carbocycles. The summed E-state index contributed by atoms with van der Waals surface area (Å²) < 4.78 is 27.3. The summed E-state index contributed by atoms with van der Waals surface area (Å²) in [5.41, 5.74) is 1.75. The topological polar surface area (TPSA) is 107 Å². The van der Waals surface area contributed by atoms with Crippen LogP contribution < -0.4 is 20.1 Å². The fourth-order valence-electron chi connectivity index (χ4n) is 6.50. The largest absolute Gasteiger partial charge is 0.481 e. The molecular weight excluding hydrogens is 525 g/mol. The first kappa shape index (κ1) is 28.8. The van der Waals surface area contributed by atoms with Gasteiger partial charge in [-0.15, -0.1) is 0 Å². The third-order valence-corrected chi connectivity index (χ3v) is 8.57. The molecule has 1 aromatic carbocycles. The monoisotopic (exact) mass is 565 g/mol. The Hall–Kier alpha value is -3.69. The van der Waals surface area contributed by atoms with Crippen LogP contribution in [-0.2, 0) is 9.59 Å². The predicted octanol–water partition coefficient (Wildman–Crippen LogP) is 5.19. The number of pyridine rings is 1. The van der Waals surface area contributed by atoms with Crippen molar-refractivity contribution in [3.05, 3.63) is 36.1 Å². The highest BCUT2D eigenvalue weighted by molar-refractivity contribution is 5.88. The smallest absolute Gasteiger partial charge is 0.243 e. The number of benzene rings is 1. The Labute approximate surface area is 240 Å². The number of nitrogens with one attached hydrogen (secondary N) is 2. The molecule has 1 atom stereocenters. The van der Waals surface area contributed by atoms with Crippen LogP contribution in [0.25, 0.3) is 22.4 Å². The molecule has 3 aromatic rings. The van der Waals surface area contributed by atoms with E-state index in [9.17, 15) is 14.0 Å². The van der Waals surface area contributed by atoms with E-state index in [0.29, 0.717) is 40.7 Å². The molecule has 1 unspecified atom stereocenters. The van der Waals surface area contributed by atoms with Gasteiger partial charge in [-0.1, -0.05) is 19.3 Å². The summed E-state index contributed by atoms with van der Waals surface area (Å²) >= 11 is 0. The summed E-state index contributed by atoms with van der Waals surface area (Å²) in [6.45, 7) is 2.55. The second-order valence-electron chi connectivity index (χ2n) is 11.1. The van der Waals surface area contributed by atoms with Gasteiger partial charge in [0.05, 0.1) is 30.8 Å². The third-order valence-electron chi connectivity index (χ3n) is 8.57. The summed E-state index contributed by atoms with van der Waals surface area (Å²) in [5.74, 6) is 0.932. The van der Waals surface area contributed by atoms with Gasteiger partial charge in [-0.25, -0.2) is 9.37 Å². The van der Waals surface area contributed by atoms with E-state index in [1.54, 1.807) is 12.1 Å². The summed E-state index contributed by atoms with van der Waals surface area (Å²) in [6.07, 6.45) is 8.09. The van der Waals surface area contributed by atoms with Crippen molar-refractivity contribution in [2.45, 2.75) is 76.8 Å². The number of nitrogens with zero attached hydrogens (tertiary/aromatic N) is 3. The second kappa shape index (κ2) is 12.9. The highest BCUT2D eigenvalue weighted by Gasteiger charge is 2.37. The van der Waals surface area contributed by atoms with Gasteiger partial charge >= 0.3 is 0 Å². The molecule has 220 valence electrons. The molecule has 9 nitrogen and oxygen atoms in total. The number of hydrogen-bond acceptors (Lipinski definition) is 6. The Morgan fingerprint density at radius 3 is 2.44 bits per heavy atom. The molecule has 0 bridgehead atoms. The molecule has 2 fully saturated rings. The Kier molecular flexibility index (Phi) is 9.05.